The molecule has 2 unspecified atom stereocenters. The molecule has 18 heavy (non-hydrogen) atoms. The topological polar surface area (TPSA) is 50.1 Å². The van der Waals surface area contributed by atoms with Crippen LogP contribution in [0.15, 0.2) is 0 Å². The van der Waals surface area contributed by atoms with E-state index >= 15 is 0 Å². The number of aryl methyl sites for hydroxylation is 1. The summed E-state index contributed by atoms with van der Waals surface area (Å²) in [4.78, 5) is 0. The molecule has 4 nitrogen and oxygen atoms in total. The third kappa shape index (κ3) is 2.59. The Kier molecular flexibility index (Phi) is 4.07. The second-order valence-corrected chi connectivity index (χ2v) is 5.70. The van der Waals surface area contributed by atoms with Gasteiger partial charge in [-0.3, -0.25) is 4.68 Å². The Morgan fingerprint density at radius 1 is 1.39 bits per heavy atom. The van der Waals surface area contributed by atoms with Crippen LogP contribution in [0, 0.1) is 13.8 Å². The Hall–Kier alpha value is -0.870. The summed E-state index contributed by atoms with van der Waals surface area (Å²) in [5.41, 5.74) is 3.56. The average molecular weight is 251 g/mol. The molecule has 0 saturated heterocycles. The van der Waals surface area contributed by atoms with E-state index in [1.165, 1.54) is 11.3 Å². The van der Waals surface area contributed by atoms with Crippen molar-refractivity contribution in [1.82, 2.24) is 15.1 Å². The first-order valence-corrected chi connectivity index (χ1v) is 6.96. The number of nitrogens with one attached hydrogen (secondary N) is 1. The van der Waals surface area contributed by atoms with Crippen molar-refractivity contribution >= 4 is 0 Å². The lowest BCUT2D eigenvalue weighted by Gasteiger charge is -2.17. The zero-order chi connectivity index (χ0) is 13.3. The molecule has 2 atom stereocenters. The van der Waals surface area contributed by atoms with Gasteiger partial charge in [0.15, 0.2) is 0 Å². The molecule has 0 amide bonds. The van der Waals surface area contributed by atoms with Crippen molar-refractivity contribution < 1.29 is 5.11 Å². The fraction of sp³-hybridized carbons (Fsp3) is 0.786. The number of rotatable bonds is 4. The predicted molar refractivity (Wildman–Crippen MR) is 72.6 cm³/mol. The summed E-state index contributed by atoms with van der Waals surface area (Å²) < 4.78 is 2.05. The van der Waals surface area contributed by atoms with Crippen LogP contribution < -0.4 is 5.32 Å². The summed E-state index contributed by atoms with van der Waals surface area (Å²) >= 11 is 0. The van der Waals surface area contributed by atoms with Gasteiger partial charge in [0.05, 0.1) is 17.8 Å². The molecule has 0 radical (unpaired) electrons. The molecule has 1 aliphatic rings. The van der Waals surface area contributed by atoms with Gasteiger partial charge in [0.2, 0.25) is 0 Å². The number of aromatic nitrogens is 2. The molecule has 1 aromatic rings. The lowest BCUT2D eigenvalue weighted by molar-refractivity contribution is 0.129. The van der Waals surface area contributed by atoms with Gasteiger partial charge in [-0.1, -0.05) is 13.8 Å². The lowest BCUT2D eigenvalue weighted by atomic mass is 10.1. The van der Waals surface area contributed by atoms with Crippen LogP contribution in [0.2, 0.25) is 0 Å². The molecule has 0 spiro atoms. The van der Waals surface area contributed by atoms with Gasteiger partial charge in [-0.2, -0.15) is 5.10 Å². The first kappa shape index (κ1) is 13.6. The van der Waals surface area contributed by atoms with Gasteiger partial charge < -0.3 is 10.4 Å². The minimum Gasteiger partial charge on any atom is -0.391 e. The number of aliphatic hydroxyl groups is 1. The Bertz CT molecular complexity index is 411. The average Bonchev–Trinajstić information content (AvgIpc) is 2.81. The van der Waals surface area contributed by atoms with Crippen LogP contribution in [0.4, 0.5) is 0 Å². The fourth-order valence-electron chi connectivity index (χ4n) is 2.79. The first-order chi connectivity index (χ1) is 8.50. The highest BCUT2D eigenvalue weighted by molar-refractivity contribution is 5.25. The summed E-state index contributed by atoms with van der Waals surface area (Å²) in [5.74, 6) is 0. The van der Waals surface area contributed by atoms with E-state index in [1.807, 2.05) is 4.68 Å². The second-order valence-electron chi connectivity index (χ2n) is 5.70. The molecule has 102 valence electrons. The standard InChI is InChI=1S/C14H25N3O/c1-9(2)15-8-12-10(3)16-17(11(12)4)13-6-5-7-14(13)18/h9,13-15,18H,5-8H2,1-4H3. The van der Waals surface area contributed by atoms with E-state index in [4.69, 9.17) is 0 Å². The number of nitrogens with zero attached hydrogens (tertiary/aromatic N) is 2. The van der Waals surface area contributed by atoms with Crippen LogP contribution in [0.3, 0.4) is 0 Å². The maximum absolute atomic E-state index is 10.0. The Morgan fingerprint density at radius 2 is 2.11 bits per heavy atom. The van der Waals surface area contributed by atoms with Gasteiger partial charge >= 0.3 is 0 Å². The Balaban J connectivity index is 2.20. The van der Waals surface area contributed by atoms with Crippen molar-refractivity contribution in [3.05, 3.63) is 17.0 Å². The molecule has 0 bridgehead atoms. The molecule has 1 aliphatic carbocycles. The molecular formula is C14H25N3O. The fourth-order valence-corrected chi connectivity index (χ4v) is 2.79. The quantitative estimate of drug-likeness (QED) is 0.861. The SMILES string of the molecule is Cc1nn(C2CCCC2O)c(C)c1CNC(C)C. The Labute approximate surface area is 109 Å². The van der Waals surface area contributed by atoms with Gasteiger partial charge in [0.25, 0.3) is 0 Å². The predicted octanol–water partition coefficient (Wildman–Crippen LogP) is 2.08. The molecule has 1 heterocycles. The van der Waals surface area contributed by atoms with Gasteiger partial charge in [-0.25, -0.2) is 0 Å². The zero-order valence-corrected chi connectivity index (χ0v) is 11.9. The van der Waals surface area contributed by atoms with E-state index in [0.717, 1.165) is 31.5 Å². The smallest absolute Gasteiger partial charge is 0.0781 e. The number of hydrogen-bond acceptors (Lipinski definition) is 3. The molecule has 0 aliphatic heterocycles. The van der Waals surface area contributed by atoms with Gasteiger partial charge in [-0.05, 0) is 33.1 Å². The highest BCUT2D eigenvalue weighted by Crippen LogP contribution is 2.31. The molecule has 2 N–H and O–H groups in total. The van der Waals surface area contributed by atoms with Gasteiger partial charge in [-0.15, -0.1) is 0 Å². The van der Waals surface area contributed by atoms with Crippen LogP contribution in [0.25, 0.3) is 0 Å². The zero-order valence-electron chi connectivity index (χ0n) is 11.9. The normalized spacial score (nSPS) is 24.1. The maximum Gasteiger partial charge on any atom is 0.0781 e. The summed E-state index contributed by atoms with van der Waals surface area (Å²) in [6.07, 6.45) is 2.82. The highest BCUT2D eigenvalue weighted by atomic mass is 16.3. The van der Waals surface area contributed by atoms with Gasteiger partial charge in [0, 0.05) is 23.8 Å². The maximum atomic E-state index is 10.0. The second kappa shape index (κ2) is 5.41. The minimum atomic E-state index is -0.228. The van der Waals surface area contributed by atoms with Crippen LogP contribution >= 0.6 is 0 Å². The molecule has 4 heteroatoms. The molecule has 0 aromatic carbocycles. The molecular weight excluding hydrogens is 226 g/mol. The van der Waals surface area contributed by atoms with E-state index in [-0.39, 0.29) is 12.1 Å². The van der Waals surface area contributed by atoms with E-state index in [9.17, 15) is 5.11 Å². The molecule has 1 aromatic heterocycles. The summed E-state index contributed by atoms with van der Waals surface area (Å²) in [6, 6.07) is 0.653. The van der Waals surface area contributed by atoms with Crippen LogP contribution in [0.5, 0.6) is 0 Å². The van der Waals surface area contributed by atoms with Crippen molar-refractivity contribution in [1.29, 1.82) is 0 Å². The molecule has 2 rings (SSSR count). The van der Waals surface area contributed by atoms with E-state index in [1.54, 1.807) is 0 Å². The first-order valence-electron chi connectivity index (χ1n) is 6.96. The van der Waals surface area contributed by atoms with Crippen LogP contribution in [0.1, 0.15) is 56.1 Å². The van der Waals surface area contributed by atoms with Crippen molar-refractivity contribution in [3.63, 3.8) is 0 Å². The molecule has 1 fully saturated rings. The van der Waals surface area contributed by atoms with Crippen molar-refractivity contribution in [2.75, 3.05) is 0 Å². The third-order valence-corrected chi connectivity index (χ3v) is 3.92. The monoisotopic (exact) mass is 251 g/mol. The highest BCUT2D eigenvalue weighted by Gasteiger charge is 2.29. The summed E-state index contributed by atoms with van der Waals surface area (Å²) in [7, 11) is 0. The van der Waals surface area contributed by atoms with E-state index < -0.39 is 0 Å². The van der Waals surface area contributed by atoms with E-state index in [2.05, 4.69) is 38.1 Å². The third-order valence-electron chi connectivity index (χ3n) is 3.92. The van der Waals surface area contributed by atoms with Crippen molar-refractivity contribution in [3.8, 4) is 0 Å². The number of hydrogen-bond donors (Lipinski definition) is 2. The van der Waals surface area contributed by atoms with Crippen LogP contribution in [-0.2, 0) is 6.54 Å². The van der Waals surface area contributed by atoms with Crippen molar-refractivity contribution in [2.45, 2.75) is 71.7 Å². The molecule has 1 saturated carbocycles. The lowest BCUT2D eigenvalue weighted by Crippen LogP contribution is -2.23. The largest absolute Gasteiger partial charge is 0.391 e. The van der Waals surface area contributed by atoms with Crippen molar-refractivity contribution in [2.24, 2.45) is 0 Å². The van der Waals surface area contributed by atoms with Gasteiger partial charge in [0.1, 0.15) is 0 Å². The summed E-state index contributed by atoms with van der Waals surface area (Å²) in [6.45, 7) is 9.33. The summed E-state index contributed by atoms with van der Waals surface area (Å²) in [5, 5.41) is 18.1. The van der Waals surface area contributed by atoms with E-state index in [0.29, 0.717) is 6.04 Å². The minimum absolute atomic E-state index is 0.177. The number of aliphatic hydroxyl groups excluding tert-OH is 1. The van der Waals surface area contributed by atoms with Crippen LogP contribution in [-0.4, -0.2) is 27.0 Å². The Morgan fingerprint density at radius 3 is 2.67 bits per heavy atom.